The number of methoxy groups -OCH3 is 1. The van der Waals surface area contributed by atoms with Crippen molar-refractivity contribution in [3.8, 4) is 11.5 Å². The number of nitrogens with one attached hydrogen (secondary N) is 1. The standard InChI is InChI=1S/C17H18ClNO4/c1-22-15-4-2-3-5-16(15)23-11-17(21)19-10-14(20)12-6-8-13(18)9-7-12/h2-9,14,20H,10-11H2,1H3,(H,19,21). The van der Waals surface area contributed by atoms with Gasteiger partial charge in [-0.05, 0) is 29.8 Å². The van der Waals surface area contributed by atoms with E-state index in [0.29, 0.717) is 22.1 Å². The molecule has 122 valence electrons. The highest BCUT2D eigenvalue weighted by atomic mass is 35.5. The summed E-state index contributed by atoms with van der Waals surface area (Å²) < 4.78 is 10.5. The van der Waals surface area contributed by atoms with Crippen LogP contribution in [0.2, 0.25) is 5.02 Å². The number of para-hydroxylation sites is 2. The SMILES string of the molecule is COc1ccccc1OCC(=O)NCC(O)c1ccc(Cl)cc1. The zero-order valence-corrected chi connectivity index (χ0v) is 13.4. The molecule has 0 aliphatic carbocycles. The fraction of sp³-hybridized carbons (Fsp3) is 0.235. The van der Waals surface area contributed by atoms with Crippen LogP contribution in [0.1, 0.15) is 11.7 Å². The van der Waals surface area contributed by atoms with Gasteiger partial charge >= 0.3 is 0 Å². The van der Waals surface area contributed by atoms with Crippen molar-refractivity contribution < 1.29 is 19.4 Å². The second-order valence-electron chi connectivity index (χ2n) is 4.81. The van der Waals surface area contributed by atoms with Crippen molar-refractivity contribution in [3.05, 3.63) is 59.1 Å². The Morgan fingerprint density at radius 3 is 2.48 bits per heavy atom. The third-order valence-corrected chi connectivity index (χ3v) is 3.43. The molecule has 1 atom stereocenters. The minimum Gasteiger partial charge on any atom is -0.493 e. The predicted molar refractivity (Wildman–Crippen MR) is 87.9 cm³/mol. The summed E-state index contributed by atoms with van der Waals surface area (Å²) in [6, 6.07) is 13.9. The maximum absolute atomic E-state index is 11.8. The maximum Gasteiger partial charge on any atom is 0.258 e. The average molecular weight is 336 g/mol. The molecule has 23 heavy (non-hydrogen) atoms. The lowest BCUT2D eigenvalue weighted by atomic mass is 10.1. The average Bonchev–Trinajstić information content (AvgIpc) is 2.58. The third-order valence-electron chi connectivity index (χ3n) is 3.18. The van der Waals surface area contributed by atoms with Crippen LogP contribution >= 0.6 is 11.6 Å². The van der Waals surface area contributed by atoms with E-state index in [0.717, 1.165) is 0 Å². The summed E-state index contributed by atoms with van der Waals surface area (Å²) in [7, 11) is 1.53. The number of carbonyl (C=O) groups is 1. The molecular formula is C17H18ClNO4. The Morgan fingerprint density at radius 2 is 1.83 bits per heavy atom. The molecule has 5 nitrogen and oxygen atoms in total. The van der Waals surface area contributed by atoms with Gasteiger partial charge in [0.15, 0.2) is 18.1 Å². The monoisotopic (exact) mass is 335 g/mol. The highest BCUT2D eigenvalue weighted by molar-refractivity contribution is 6.30. The molecule has 0 radical (unpaired) electrons. The number of rotatable bonds is 7. The Morgan fingerprint density at radius 1 is 1.17 bits per heavy atom. The second kappa shape index (κ2) is 8.41. The van der Waals surface area contributed by atoms with E-state index in [4.69, 9.17) is 21.1 Å². The molecule has 0 saturated carbocycles. The van der Waals surface area contributed by atoms with Crippen molar-refractivity contribution in [1.29, 1.82) is 0 Å². The van der Waals surface area contributed by atoms with Crippen LogP contribution in [-0.4, -0.2) is 31.3 Å². The van der Waals surface area contributed by atoms with Crippen molar-refractivity contribution in [3.63, 3.8) is 0 Å². The molecule has 1 unspecified atom stereocenters. The number of carbonyl (C=O) groups excluding carboxylic acids is 1. The van der Waals surface area contributed by atoms with Crippen LogP contribution in [0.5, 0.6) is 11.5 Å². The van der Waals surface area contributed by atoms with Gasteiger partial charge in [0.2, 0.25) is 0 Å². The van der Waals surface area contributed by atoms with Crippen LogP contribution in [0.4, 0.5) is 0 Å². The van der Waals surface area contributed by atoms with Crippen LogP contribution in [0, 0.1) is 0 Å². The van der Waals surface area contributed by atoms with Gasteiger partial charge in [-0.1, -0.05) is 35.9 Å². The number of aliphatic hydroxyl groups excluding tert-OH is 1. The molecule has 6 heteroatoms. The minimum absolute atomic E-state index is 0.0930. The molecule has 0 aliphatic heterocycles. The largest absolute Gasteiger partial charge is 0.493 e. The lowest BCUT2D eigenvalue weighted by Gasteiger charge is -2.13. The Labute approximate surface area is 139 Å². The minimum atomic E-state index is -0.803. The lowest BCUT2D eigenvalue weighted by molar-refractivity contribution is -0.123. The molecule has 0 fully saturated rings. The highest BCUT2D eigenvalue weighted by Gasteiger charge is 2.11. The van der Waals surface area contributed by atoms with E-state index in [2.05, 4.69) is 5.32 Å². The van der Waals surface area contributed by atoms with E-state index < -0.39 is 6.10 Å². The number of benzene rings is 2. The number of halogens is 1. The normalized spacial score (nSPS) is 11.6. The molecule has 0 spiro atoms. The molecule has 2 aromatic rings. The van der Waals surface area contributed by atoms with Crippen molar-refractivity contribution >= 4 is 17.5 Å². The van der Waals surface area contributed by atoms with Gasteiger partial charge in [0, 0.05) is 11.6 Å². The molecule has 0 aromatic heterocycles. The zero-order chi connectivity index (χ0) is 16.7. The van der Waals surface area contributed by atoms with Crippen LogP contribution < -0.4 is 14.8 Å². The Balaban J connectivity index is 1.80. The second-order valence-corrected chi connectivity index (χ2v) is 5.25. The first kappa shape index (κ1) is 17.1. The number of ether oxygens (including phenoxy) is 2. The summed E-state index contributed by atoms with van der Waals surface area (Å²) in [5, 5.41) is 13.2. The summed E-state index contributed by atoms with van der Waals surface area (Å²) in [4.78, 5) is 11.8. The van der Waals surface area contributed by atoms with Crippen molar-refractivity contribution in [1.82, 2.24) is 5.32 Å². The topological polar surface area (TPSA) is 67.8 Å². The Bertz CT molecular complexity index is 645. The van der Waals surface area contributed by atoms with E-state index in [1.54, 1.807) is 42.5 Å². The third kappa shape index (κ3) is 5.16. The first-order valence-electron chi connectivity index (χ1n) is 7.06. The Kier molecular flexibility index (Phi) is 6.26. The van der Waals surface area contributed by atoms with Crippen molar-refractivity contribution in [2.24, 2.45) is 0 Å². The van der Waals surface area contributed by atoms with Gasteiger partial charge in [-0.15, -0.1) is 0 Å². The van der Waals surface area contributed by atoms with Crippen LogP contribution in [0.3, 0.4) is 0 Å². The molecule has 0 aliphatic rings. The number of hydrogen-bond donors (Lipinski definition) is 2. The van der Waals surface area contributed by atoms with Gasteiger partial charge in [0.1, 0.15) is 0 Å². The van der Waals surface area contributed by atoms with Gasteiger partial charge in [-0.2, -0.15) is 0 Å². The summed E-state index contributed by atoms with van der Waals surface area (Å²) in [5.74, 6) is 0.716. The molecule has 2 aromatic carbocycles. The molecule has 2 rings (SSSR count). The first-order valence-corrected chi connectivity index (χ1v) is 7.44. The van der Waals surface area contributed by atoms with Gasteiger partial charge in [0.25, 0.3) is 5.91 Å². The maximum atomic E-state index is 11.8. The molecular weight excluding hydrogens is 318 g/mol. The quantitative estimate of drug-likeness (QED) is 0.816. The number of aliphatic hydroxyl groups is 1. The van der Waals surface area contributed by atoms with E-state index >= 15 is 0 Å². The van der Waals surface area contributed by atoms with Crippen LogP contribution in [-0.2, 0) is 4.79 Å². The molecule has 0 heterocycles. The highest BCUT2D eigenvalue weighted by Crippen LogP contribution is 2.25. The summed E-state index contributed by atoms with van der Waals surface area (Å²) in [5.41, 5.74) is 0.681. The summed E-state index contributed by atoms with van der Waals surface area (Å²) >= 11 is 5.79. The smallest absolute Gasteiger partial charge is 0.258 e. The van der Waals surface area contributed by atoms with Crippen LogP contribution in [0.25, 0.3) is 0 Å². The lowest BCUT2D eigenvalue weighted by Crippen LogP contribution is -2.32. The van der Waals surface area contributed by atoms with E-state index in [1.165, 1.54) is 7.11 Å². The first-order chi connectivity index (χ1) is 11.1. The predicted octanol–water partition coefficient (Wildman–Crippen LogP) is 2.58. The fourth-order valence-electron chi connectivity index (χ4n) is 1.95. The summed E-state index contributed by atoms with van der Waals surface area (Å²) in [6.45, 7) is -0.0660. The van der Waals surface area contributed by atoms with Gasteiger partial charge in [0.05, 0.1) is 13.2 Å². The molecule has 2 N–H and O–H groups in total. The molecule has 0 saturated heterocycles. The van der Waals surface area contributed by atoms with Crippen molar-refractivity contribution in [2.75, 3.05) is 20.3 Å². The van der Waals surface area contributed by atoms with E-state index in [1.807, 2.05) is 6.07 Å². The van der Waals surface area contributed by atoms with Gasteiger partial charge in [-0.25, -0.2) is 0 Å². The van der Waals surface area contributed by atoms with Gasteiger partial charge in [-0.3, -0.25) is 4.79 Å². The van der Waals surface area contributed by atoms with Crippen LogP contribution in [0.15, 0.2) is 48.5 Å². The number of amides is 1. The number of hydrogen-bond acceptors (Lipinski definition) is 4. The molecule has 0 bridgehead atoms. The van der Waals surface area contributed by atoms with E-state index in [9.17, 15) is 9.90 Å². The fourth-order valence-corrected chi connectivity index (χ4v) is 2.07. The Hall–Kier alpha value is -2.24. The zero-order valence-electron chi connectivity index (χ0n) is 12.7. The summed E-state index contributed by atoms with van der Waals surface area (Å²) in [6.07, 6.45) is -0.803. The molecule has 1 amide bonds. The van der Waals surface area contributed by atoms with Gasteiger partial charge < -0.3 is 19.9 Å². The van der Waals surface area contributed by atoms with E-state index in [-0.39, 0.29) is 19.1 Å². The van der Waals surface area contributed by atoms with Crippen molar-refractivity contribution in [2.45, 2.75) is 6.10 Å².